The van der Waals surface area contributed by atoms with Crippen LogP contribution in [-0.2, 0) is 19.8 Å². The molecule has 1 aliphatic heterocycles. The minimum Gasteiger partial charge on any atom is -0.470 e. The highest BCUT2D eigenvalue weighted by Crippen LogP contribution is 2.66. The number of amides is 2. The fourth-order valence-corrected chi connectivity index (χ4v) is 7.16. The maximum absolute atomic E-state index is 15.5. The zero-order valence-electron chi connectivity index (χ0n) is 26.7. The highest BCUT2D eigenvalue weighted by atomic mass is 32.2. The number of carbonyl (C=O) groups excluding carboxylic acids is 2. The molecule has 0 spiro atoms. The van der Waals surface area contributed by atoms with Crippen molar-refractivity contribution in [1.82, 2.24) is 20.6 Å². The van der Waals surface area contributed by atoms with E-state index in [0.29, 0.717) is 6.61 Å². The molecular weight excluding hydrogens is 685 g/mol. The maximum Gasteiger partial charge on any atom is 0.416 e. The summed E-state index contributed by atoms with van der Waals surface area (Å²) in [6, 6.07) is 4.61. The van der Waals surface area contributed by atoms with Gasteiger partial charge in [0.1, 0.15) is 23.0 Å². The van der Waals surface area contributed by atoms with Crippen LogP contribution in [0.1, 0.15) is 30.2 Å². The number of rotatable bonds is 13. The lowest BCUT2D eigenvalue weighted by Crippen LogP contribution is -2.43. The predicted octanol–water partition coefficient (Wildman–Crippen LogP) is 6.22. The van der Waals surface area contributed by atoms with Crippen molar-refractivity contribution in [3.63, 3.8) is 0 Å². The number of carbonyl (C=O) groups is 2. The van der Waals surface area contributed by atoms with Crippen LogP contribution >= 0.6 is 11.8 Å². The van der Waals surface area contributed by atoms with Crippen LogP contribution in [0, 0.1) is 11.7 Å². The Balaban J connectivity index is 1.54. The van der Waals surface area contributed by atoms with Crippen LogP contribution in [0.2, 0.25) is 25.7 Å². The van der Waals surface area contributed by atoms with Crippen molar-refractivity contribution in [1.29, 1.82) is 0 Å². The van der Waals surface area contributed by atoms with Crippen LogP contribution in [0.5, 0.6) is 5.88 Å². The maximum atomic E-state index is 15.5. The third kappa shape index (κ3) is 8.68. The van der Waals surface area contributed by atoms with Gasteiger partial charge in [-0.2, -0.15) is 8.78 Å². The fourth-order valence-electron chi connectivity index (χ4n) is 4.92. The van der Waals surface area contributed by atoms with Gasteiger partial charge in [0, 0.05) is 33.2 Å². The van der Waals surface area contributed by atoms with Gasteiger partial charge in [0.25, 0.3) is 5.23 Å². The molecular formula is C30H35F6N5O5SSi. The summed E-state index contributed by atoms with van der Waals surface area (Å²) < 4.78 is 95.9. The second-order valence-electron chi connectivity index (χ2n) is 12.6. The van der Waals surface area contributed by atoms with Crippen LogP contribution in [0.3, 0.4) is 0 Å². The Morgan fingerprint density at radius 3 is 2.56 bits per heavy atom. The first-order valence-corrected chi connectivity index (χ1v) is 19.3. The van der Waals surface area contributed by atoms with Gasteiger partial charge >= 0.3 is 18.4 Å². The average Bonchev–Trinajstić information content (AvgIpc) is 3.77. The molecule has 262 valence electrons. The Hall–Kier alpha value is -3.64. The SMILES string of the molecule is CNC(=O)[C@]12C[C@H]1[C@@](C)(c1cc(/C=C(\F)c3cnc(OCC(F)(F)C(F)F)cn3)ccc1F)N=C(OC(=O)NCOCC[Si](C)(C)C)S2. The van der Waals surface area contributed by atoms with Crippen molar-refractivity contribution >= 4 is 49.0 Å². The molecule has 10 nitrogen and oxygen atoms in total. The molecule has 2 amide bonds. The summed E-state index contributed by atoms with van der Waals surface area (Å²) in [6.07, 6.45) is -1.88. The molecule has 1 aromatic heterocycles. The van der Waals surface area contributed by atoms with E-state index in [9.17, 15) is 27.2 Å². The Kier molecular flexibility index (Phi) is 11.2. The highest BCUT2D eigenvalue weighted by Gasteiger charge is 2.71. The number of thioether (sulfide) groups is 1. The molecule has 1 aromatic carbocycles. The molecule has 0 bridgehead atoms. The summed E-state index contributed by atoms with van der Waals surface area (Å²) in [7, 11) is 0.127. The average molecular weight is 720 g/mol. The number of benzene rings is 1. The third-order valence-corrected chi connectivity index (χ3v) is 10.8. The van der Waals surface area contributed by atoms with Crippen molar-refractivity contribution in [3.8, 4) is 5.88 Å². The molecule has 1 aliphatic carbocycles. The van der Waals surface area contributed by atoms with Crippen molar-refractivity contribution in [2.45, 2.75) is 61.7 Å². The van der Waals surface area contributed by atoms with Gasteiger partial charge in [-0.15, -0.1) is 0 Å². The van der Waals surface area contributed by atoms with E-state index in [1.807, 2.05) is 0 Å². The van der Waals surface area contributed by atoms with Crippen molar-refractivity contribution < 1.29 is 50.1 Å². The summed E-state index contributed by atoms with van der Waals surface area (Å²) in [5, 5.41) is 4.92. The van der Waals surface area contributed by atoms with Gasteiger partial charge in [-0.1, -0.05) is 25.7 Å². The highest BCUT2D eigenvalue weighted by molar-refractivity contribution is 8.15. The minimum atomic E-state index is -4.41. The Bertz CT molecular complexity index is 1580. The summed E-state index contributed by atoms with van der Waals surface area (Å²) in [5.74, 6) is -7.46. The molecule has 1 fully saturated rings. The van der Waals surface area contributed by atoms with Crippen LogP contribution in [-0.4, -0.2) is 79.4 Å². The number of alkyl carbamates (subject to hydrolysis) is 1. The number of aromatic nitrogens is 2. The lowest BCUT2D eigenvalue weighted by atomic mass is 9.84. The van der Waals surface area contributed by atoms with Crippen LogP contribution in [0.25, 0.3) is 11.9 Å². The van der Waals surface area contributed by atoms with E-state index in [1.54, 1.807) is 6.92 Å². The van der Waals surface area contributed by atoms with Crippen LogP contribution < -0.4 is 15.4 Å². The van der Waals surface area contributed by atoms with E-state index < -0.39 is 66.8 Å². The molecule has 0 unspecified atom stereocenters. The number of fused-ring (bicyclic) bond motifs is 1. The molecule has 0 radical (unpaired) electrons. The van der Waals surface area contributed by atoms with E-state index in [2.05, 4.69) is 50.0 Å². The van der Waals surface area contributed by atoms with Crippen LogP contribution in [0.15, 0.2) is 35.6 Å². The molecule has 0 saturated heterocycles. The van der Waals surface area contributed by atoms with Gasteiger partial charge in [0.05, 0.1) is 17.9 Å². The van der Waals surface area contributed by atoms with E-state index in [4.69, 9.17) is 9.47 Å². The molecule has 2 heterocycles. The van der Waals surface area contributed by atoms with E-state index in [0.717, 1.165) is 42.3 Å². The summed E-state index contributed by atoms with van der Waals surface area (Å²) >= 11 is 0.959. The van der Waals surface area contributed by atoms with E-state index >= 15 is 8.78 Å². The van der Waals surface area contributed by atoms with E-state index in [-0.39, 0.29) is 41.1 Å². The van der Waals surface area contributed by atoms with Gasteiger partial charge in [-0.05, 0) is 54.9 Å². The van der Waals surface area contributed by atoms with Crippen molar-refractivity contribution in [3.05, 3.63) is 53.2 Å². The Morgan fingerprint density at radius 2 is 1.94 bits per heavy atom. The minimum absolute atomic E-state index is 0.00565. The topological polar surface area (TPSA) is 124 Å². The van der Waals surface area contributed by atoms with Crippen molar-refractivity contribution in [2.75, 3.05) is 27.0 Å². The fraction of sp³-hybridized carbons (Fsp3) is 0.500. The molecule has 3 atom stereocenters. The number of nitrogens with one attached hydrogen (secondary N) is 2. The van der Waals surface area contributed by atoms with Gasteiger partial charge in [0.2, 0.25) is 11.8 Å². The lowest BCUT2D eigenvalue weighted by molar-refractivity contribution is -0.148. The van der Waals surface area contributed by atoms with Gasteiger partial charge < -0.3 is 19.5 Å². The van der Waals surface area contributed by atoms with Crippen molar-refractivity contribution in [2.24, 2.45) is 10.9 Å². The molecule has 4 rings (SSSR count). The van der Waals surface area contributed by atoms with Gasteiger partial charge in [0.15, 0.2) is 12.4 Å². The van der Waals surface area contributed by atoms with Gasteiger partial charge in [-0.25, -0.2) is 37.3 Å². The first-order chi connectivity index (χ1) is 22.4. The number of hydrogen-bond donors (Lipinski definition) is 2. The number of ether oxygens (including phenoxy) is 3. The quantitative estimate of drug-likeness (QED) is 0.108. The smallest absolute Gasteiger partial charge is 0.416 e. The molecule has 1 saturated carbocycles. The Labute approximate surface area is 278 Å². The largest absolute Gasteiger partial charge is 0.470 e. The monoisotopic (exact) mass is 719 g/mol. The zero-order valence-corrected chi connectivity index (χ0v) is 28.5. The molecule has 48 heavy (non-hydrogen) atoms. The van der Waals surface area contributed by atoms with Crippen LogP contribution in [0.4, 0.5) is 31.1 Å². The second-order valence-corrected chi connectivity index (χ2v) is 19.5. The second kappa shape index (κ2) is 14.5. The normalized spacial score (nSPS) is 22.5. The summed E-state index contributed by atoms with van der Waals surface area (Å²) in [4.78, 5) is 37.5. The molecule has 2 aliphatic rings. The molecule has 2 aromatic rings. The van der Waals surface area contributed by atoms with Gasteiger partial charge in [-0.3, -0.25) is 10.1 Å². The summed E-state index contributed by atoms with van der Waals surface area (Å²) in [6.45, 7) is 6.87. The number of halogens is 6. The third-order valence-electron chi connectivity index (χ3n) is 7.72. The number of alkyl halides is 4. The Morgan fingerprint density at radius 1 is 1.21 bits per heavy atom. The molecule has 18 heteroatoms. The first-order valence-electron chi connectivity index (χ1n) is 14.7. The first kappa shape index (κ1) is 37.2. The number of hydrogen-bond acceptors (Lipinski definition) is 9. The lowest BCUT2D eigenvalue weighted by Gasteiger charge is -2.34. The molecule has 2 N–H and O–H groups in total. The zero-order chi connectivity index (χ0) is 35.5. The van der Waals surface area contributed by atoms with E-state index in [1.165, 1.54) is 19.2 Å². The predicted molar refractivity (Wildman–Crippen MR) is 170 cm³/mol. The number of aliphatic imine (C=N–C) groups is 1. The number of nitrogens with zero attached hydrogens (tertiary/aromatic N) is 3. The standard InChI is InChI=1S/C30H35F6N5O5SSi/c1-28(22-12-29(22,25(42)37-2)47-27(41-28)46-26(43)40-16-44-8-9-48(3,4)5)18-10-17(6-7-19(18)31)11-20(32)21-13-39-23(14-38-21)45-15-30(35,36)24(33)34/h6-7,10-11,13-14,22,24H,8-9,12,15-16H2,1-5H3,(H,37,42)(H,40,43)/b20-11-/t22-,28+,29-/m0/s1. The summed E-state index contributed by atoms with van der Waals surface area (Å²) in [5.41, 5.74) is -1.59.